The molecule has 0 bridgehead atoms. The number of carbonyl (C=O) groups is 2. The SMILES string of the molecule is COc1cc(Cl)ccc1CNC1C(c2ccccc2)N(C(=O)C2CCCCC2)C(C(=O)O)C1C(C)(C)C. The molecule has 2 aromatic rings. The van der Waals surface area contributed by atoms with Gasteiger partial charge in [-0.2, -0.15) is 0 Å². The lowest BCUT2D eigenvalue weighted by Gasteiger charge is -2.36. The van der Waals surface area contributed by atoms with Crippen molar-refractivity contribution in [3.8, 4) is 5.75 Å². The fourth-order valence-electron chi connectivity index (χ4n) is 6.38. The molecule has 7 heteroatoms. The number of carboxylic acids is 1. The molecule has 2 N–H and O–H groups in total. The number of methoxy groups -OCH3 is 1. The maximum Gasteiger partial charge on any atom is 0.326 e. The predicted molar refractivity (Wildman–Crippen MR) is 146 cm³/mol. The number of benzene rings is 2. The Bertz CT molecular complexity index is 1090. The summed E-state index contributed by atoms with van der Waals surface area (Å²) in [5.41, 5.74) is 1.50. The van der Waals surface area contributed by atoms with Gasteiger partial charge in [0.15, 0.2) is 0 Å². The first-order valence-electron chi connectivity index (χ1n) is 13.3. The number of nitrogens with zero attached hydrogens (tertiary/aromatic N) is 1. The number of carbonyl (C=O) groups excluding carboxylic acids is 1. The van der Waals surface area contributed by atoms with Gasteiger partial charge in [0.05, 0.1) is 13.2 Å². The lowest BCUT2D eigenvalue weighted by molar-refractivity contribution is -0.154. The third-order valence-electron chi connectivity index (χ3n) is 8.05. The van der Waals surface area contributed by atoms with Crippen LogP contribution in [0.5, 0.6) is 5.75 Å². The van der Waals surface area contributed by atoms with Crippen molar-refractivity contribution < 1.29 is 19.4 Å². The molecule has 2 fully saturated rings. The number of aliphatic carboxylic acids is 1. The van der Waals surface area contributed by atoms with Crippen LogP contribution in [0.1, 0.15) is 70.0 Å². The molecule has 4 atom stereocenters. The second kappa shape index (κ2) is 11.4. The van der Waals surface area contributed by atoms with Gasteiger partial charge in [-0.25, -0.2) is 4.79 Å². The van der Waals surface area contributed by atoms with Gasteiger partial charge < -0.3 is 20.1 Å². The van der Waals surface area contributed by atoms with Gasteiger partial charge in [-0.1, -0.05) is 88.0 Å². The number of halogens is 1. The fourth-order valence-corrected chi connectivity index (χ4v) is 6.54. The summed E-state index contributed by atoms with van der Waals surface area (Å²) < 4.78 is 5.56. The van der Waals surface area contributed by atoms with Crippen LogP contribution in [0.3, 0.4) is 0 Å². The molecule has 200 valence electrons. The van der Waals surface area contributed by atoms with Crippen LogP contribution in [0.4, 0.5) is 0 Å². The maximum absolute atomic E-state index is 14.1. The normalized spacial score (nSPS) is 24.7. The minimum absolute atomic E-state index is 0.0245. The topological polar surface area (TPSA) is 78.9 Å². The van der Waals surface area contributed by atoms with Crippen LogP contribution >= 0.6 is 11.6 Å². The van der Waals surface area contributed by atoms with Crippen LogP contribution in [0, 0.1) is 17.3 Å². The third-order valence-corrected chi connectivity index (χ3v) is 8.28. The van der Waals surface area contributed by atoms with Gasteiger partial charge in [-0.3, -0.25) is 4.79 Å². The lowest BCUT2D eigenvalue weighted by Crippen LogP contribution is -2.49. The Morgan fingerprint density at radius 2 is 1.76 bits per heavy atom. The lowest BCUT2D eigenvalue weighted by atomic mass is 9.72. The van der Waals surface area contributed by atoms with Crippen LogP contribution < -0.4 is 10.1 Å². The minimum Gasteiger partial charge on any atom is -0.496 e. The number of rotatable bonds is 7. The Balaban J connectivity index is 1.79. The molecule has 1 heterocycles. The summed E-state index contributed by atoms with van der Waals surface area (Å²) in [5, 5.41) is 14.9. The highest BCUT2D eigenvalue weighted by Crippen LogP contribution is 2.49. The zero-order chi connectivity index (χ0) is 26.7. The quantitative estimate of drug-likeness (QED) is 0.456. The average Bonchev–Trinajstić information content (AvgIpc) is 3.24. The summed E-state index contributed by atoms with van der Waals surface area (Å²) in [7, 11) is 1.61. The second-order valence-electron chi connectivity index (χ2n) is 11.5. The Kier molecular flexibility index (Phi) is 8.49. The van der Waals surface area contributed by atoms with Crippen molar-refractivity contribution in [3.05, 3.63) is 64.7 Å². The van der Waals surface area contributed by atoms with Crippen LogP contribution in [0.15, 0.2) is 48.5 Å². The van der Waals surface area contributed by atoms with E-state index in [0.29, 0.717) is 17.3 Å². The number of ether oxygens (including phenoxy) is 1. The standard InChI is InChI=1S/C30H39ClN2O4/c1-30(2,3)24-25(32-18-21-15-16-22(31)17-23(21)37-4)26(19-11-7-5-8-12-19)33(27(24)29(35)36)28(34)20-13-9-6-10-14-20/h5,7-8,11-12,15-17,20,24-27,32H,6,9-10,13-14,18H2,1-4H3,(H,35,36). The van der Waals surface area contributed by atoms with Gasteiger partial charge in [0.25, 0.3) is 0 Å². The first-order chi connectivity index (χ1) is 17.6. The molecule has 1 aliphatic heterocycles. The van der Waals surface area contributed by atoms with E-state index in [1.165, 1.54) is 0 Å². The van der Waals surface area contributed by atoms with E-state index in [1.54, 1.807) is 18.1 Å². The molecule has 1 amide bonds. The summed E-state index contributed by atoms with van der Waals surface area (Å²) in [6.07, 6.45) is 4.80. The number of hydrogen-bond acceptors (Lipinski definition) is 4. The smallest absolute Gasteiger partial charge is 0.326 e. The fraction of sp³-hybridized carbons (Fsp3) is 0.533. The molecule has 1 aliphatic carbocycles. The van der Waals surface area contributed by atoms with Gasteiger partial charge >= 0.3 is 5.97 Å². The van der Waals surface area contributed by atoms with E-state index >= 15 is 0 Å². The first kappa shape index (κ1) is 27.5. The van der Waals surface area contributed by atoms with Crippen molar-refractivity contribution in [1.82, 2.24) is 10.2 Å². The number of likely N-dealkylation sites (tertiary alicyclic amines) is 1. The van der Waals surface area contributed by atoms with E-state index in [-0.39, 0.29) is 29.2 Å². The van der Waals surface area contributed by atoms with Crippen molar-refractivity contribution >= 4 is 23.5 Å². The largest absolute Gasteiger partial charge is 0.496 e. The molecule has 37 heavy (non-hydrogen) atoms. The number of hydrogen-bond donors (Lipinski definition) is 2. The Labute approximate surface area is 225 Å². The third kappa shape index (κ3) is 5.80. The molecule has 4 unspecified atom stereocenters. The molecule has 1 saturated heterocycles. The molecule has 2 aromatic carbocycles. The molecular weight excluding hydrogens is 488 g/mol. The van der Waals surface area contributed by atoms with Gasteiger partial charge in [0.1, 0.15) is 11.8 Å². The first-order valence-corrected chi connectivity index (χ1v) is 13.7. The summed E-state index contributed by atoms with van der Waals surface area (Å²) in [6, 6.07) is 13.8. The van der Waals surface area contributed by atoms with Gasteiger partial charge in [0.2, 0.25) is 5.91 Å². The molecule has 0 radical (unpaired) electrons. The molecule has 0 aromatic heterocycles. The van der Waals surface area contributed by atoms with Crippen molar-refractivity contribution in [2.24, 2.45) is 17.3 Å². The van der Waals surface area contributed by atoms with E-state index < -0.39 is 18.1 Å². The zero-order valence-electron chi connectivity index (χ0n) is 22.2. The Morgan fingerprint density at radius 3 is 2.35 bits per heavy atom. The molecule has 1 saturated carbocycles. The van der Waals surface area contributed by atoms with Crippen molar-refractivity contribution in [3.63, 3.8) is 0 Å². The van der Waals surface area contributed by atoms with E-state index in [0.717, 1.165) is 43.2 Å². The van der Waals surface area contributed by atoms with Gasteiger partial charge in [-0.15, -0.1) is 0 Å². The second-order valence-corrected chi connectivity index (χ2v) is 11.9. The Morgan fingerprint density at radius 1 is 1.08 bits per heavy atom. The highest BCUT2D eigenvalue weighted by molar-refractivity contribution is 6.30. The Hall–Kier alpha value is -2.57. The van der Waals surface area contributed by atoms with Gasteiger partial charge in [-0.05, 0) is 36.0 Å². The number of amides is 1. The van der Waals surface area contributed by atoms with E-state index in [2.05, 4.69) is 26.1 Å². The van der Waals surface area contributed by atoms with Crippen molar-refractivity contribution in [2.75, 3.05) is 7.11 Å². The van der Waals surface area contributed by atoms with Crippen LogP contribution in [0.25, 0.3) is 0 Å². The summed E-state index contributed by atoms with van der Waals surface area (Å²) in [5.74, 6) is -0.743. The molecular formula is C30H39ClN2O4. The molecule has 6 nitrogen and oxygen atoms in total. The van der Waals surface area contributed by atoms with E-state index in [4.69, 9.17) is 16.3 Å². The van der Waals surface area contributed by atoms with Crippen LogP contribution in [-0.2, 0) is 16.1 Å². The highest BCUT2D eigenvalue weighted by atomic mass is 35.5. The van der Waals surface area contributed by atoms with Gasteiger partial charge in [0, 0.05) is 35.0 Å². The molecule has 2 aliphatic rings. The highest BCUT2D eigenvalue weighted by Gasteiger charge is 2.58. The van der Waals surface area contributed by atoms with Crippen LogP contribution in [-0.4, -0.2) is 41.1 Å². The molecule has 0 spiro atoms. The summed E-state index contributed by atoms with van der Waals surface area (Å²) in [4.78, 5) is 28.8. The minimum atomic E-state index is -0.946. The maximum atomic E-state index is 14.1. The number of nitrogens with one attached hydrogen (secondary N) is 1. The van der Waals surface area contributed by atoms with Crippen molar-refractivity contribution in [1.29, 1.82) is 0 Å². The monoisotopic (exact) mass is 526 g/mol. The number of carboxylic acid groups (broad SMARTS) is 1. The average molecular weight is 527 g/mol. The van der Waals surface area contributed by atoms with Crippen molar-refractivity contribution in [2.45, 2.75) is 77.5 Å². The summed E-state index contributed by atoms with van der Waals surface area (Å²) in [6.45, 7) is 6.67. The van der Waals surface area contributed by atoms with E-state index in [9.17, 15) is 14.7 Å². The predicted octanol–water partition coefficient (Wildman–Crippen LogP) is 6.09. The zero-order valence-corrected chi connectivity index (χ0v) is 23.0. The summed E-state index contributed by atoms with van der Waals surface area (Å²) >= 11 is 6.18. The van der Waals surface area contributed by atoms with Crippen LogP contribution in [0.2, 0.25) is 5.02 Å². The molecule has 4 rings (SSSR count). The van der Waals surface area contributed by atoms with E-state index in [1.807, 2.05) is 42.5 Å².